The fraction of sp³-hybridized carbons (Fsp3) is 0.185. The Morgan fingerprint density at radius 1 is 0.543 bits per heavy atom. The molecule has 0 spiro atoms. The quantitative estimate of drug-likeness (QED) is 0.196. The van der Waals surface area contributed by atoms with Gasteiger partial charge in [0.05, 0.1) is 47.3 Å². The summed E-state index contributed by atoms with van der Waals surface area (Å²) in [5, 5.41) is 3.13. The van der Waals surface area contributed by atoms with Gasteiger partial charge in [0.2, 0.25) is 0 Å². The summed E-state index contributed by atoms with van der Waals surface area (Å²) in [5.74, 6) is 1.29. The predicted octanol–water partition coefficient (Wildman–Crippen LogP) is 6.02. The van der Waals surface area contributed by atoms with Crippen molar-refractivity contribution in [3.8, 4) is 11.5 Å². The third-order valence-electron chi connectivity index (χ3n) is 5.90. The summed E-state index contributed by atoms with van der Waals surface area (Å²) in [6.07, 6.45) is 5.66. The van der Waals surface area contributed by atoms with Gasteiger partial charge in [-0.15, -0.1) is 0 Å². The van der Waals surface area contributed by atoms with E-state index in [1.165, 1.54) is 12.1 Å². The fourth-order valence-corrected chi connectivity index (χ4v) is 4.26. The van der Waals surface area contributed by atoms with Crippen LogP contribution in [0.2, 0.25) is 0 Å². The van der Waals surface area contributed by atoms with Gasteiger partial charge in [0, 0.05) is 24.3 Å². The highest BCUT2D eigenvalue weighted by Gasteiger charge is 2.14. The highest BCUT2D eigenvalue weighted by molar-refractivity contribution is 6.02. The largest absolute Gasteiger partial charge is 0.492 e. The number of fused-ring (bicyclic) bond motifs is 4. The van der Waals surface area contributed by atoms with Crippen LogP contribution in [0, 0.1) is 0 Å². The summed E-state index contributed by atoms with van der Waals surface area (Å²) in [7, 11) is 0. The second-order valence-corrected chi connectivity index (χ2v) is 8.17. The Balaban J connectivity index is 1.10. The Hall–Kier alpha value is -4.46. The van der Waals surface area contributed by atoms with Gasteiger partial charge in [0.15, 0.2) is 0 Å². The molecule has 0 fully saturated rings. The van der Waals surface area contributed by atoms with E-state index in [0.29, 0.717) is 47.0 Å². The second-order valence-electron chi connectivity index (χ2n) is 8.17. The molecule has 0 N–H and O–H groups in total. The van der Waals surface area contributed by atoms with Crippen LogP contribution in [0.15, 0.2) is 88.3 Å². The molecule has 0 unspecified atom stereocenters. The van der Waals surface area contributed by atoms with Crippen molar-refractivity contribution in [2.75, 3.05) is 13.2 Å². The zero-order valence-electron chi connectivity index (χ0n) is 18.6. The molecule has 0 bridgehead atoms. The van der Waals surface area contributed by atoms with Crippen molar-refractivity contribution in [2.45, 2.75) is 19.3 Å². The number of unbranched alkanes of at least 4 members (excludes halogenated alkanes) is 2. The summed E-state index contributed by atoms with van der Waals surface area (Å²) in [4.78, 5) is 23.2. The minimum absolute atomic E-state index is 0.421. The molecule has 0 aliphatic rings. The summed E-state index contributed by atoms with van der Waals surface area (Å²) < 4.78 is 33.8. The Morgan fingerprint density at radius 3 is 1.49 bits per heavy atom. The first-order chi connectivity index (χ1) is 17.2. The first-order valence-electron chi connectivity index (χ1n) is 11.3. The van der Waals surface area contributed by atoms with E-state index in [0.717, 1.165) is 40.8 Å². The Morgan fingerprint density at radius 2 is 1.00 bits per heavy atom. The molecule has 0 aliphatic heterocycles. The molecule has 0 radical (unpaired) electrons. The molecule has 8 nitrogen and oxygen atoms in total. The van der Waals surface area contributed by atoms with Gasteiger partial charge in [0.1, 0.15) is 33.8 Å². The monoisotopic (exact) mass is 472 g/mol. The Bertz CT molecular complexity index is 1650. The highest BCUT2D eigenvalue weighted by Crippen LogP contribution is 2.36. The first kappa shape index (κ1) is 21.1. The van der Waals surface area contributed by atoms with Crippen molar-refractivity contribution < 1.29 is 27.1 Å². The lowest BCUT2D eigenvalue weighted by Gasteiger charge is -2.11. The number of furan rings is 2. The number of hydrogen-bond acceptors (Lipinski definition) is 8. The highest BCUT2D eigenvalue weighted by atomic mass is 16.5. The van der Waals surface area contributed by atoms with Crippen LogP contribution in [0.1, 0.15) is 19.3 Å². The molecule has 6 rings (SSSR count). The maximum absolute atomic E-state index is 11.6. The lowest BCUT2D eigenvalue weighted by atomic mass is 10.1. The zero-order valence-corrected chi connectivity index (χ0v) is 18.6. The minimum atomic E-state index is -0.421. The summed E-state index contributed by atoms with van der Waals surface area (Å²) >= 11 is 0. The van der Waals surface area contributed by atoms with E-state index < -0.39 is 11.3 Å². The van der Waals surface area contributed by atoms with Crippen LogP contribution in [0.4, 0.5) is 0 Å². The second kappa shape index (κ2) is 8.72. The van der Waals surface area contributed by atoms with Crippen molar-refractivity contribution in [2.24, 2.45) is 0 Å². The molecular formula is C27H20O8. The van der Waals surface area contributed by atoms with Gasteiger partial charge in [-0.25, -0.2) is 9.59 Å². The molecular weight excluding hydrogens is 452 g/mol. The molecule has 4 aromatic heterocycles. The number of rotatable bonds is 8. The molecule has 0 aliphatic carbocycles. The van der Waals surface area contributed by atoms with Gasteiger partial charge in [-0.2, -0.15) is 0 Å². The molecule has 2 aromatic carbocycles. The van der Waals surface area contributed by atoms with Gasteiger partial charge in [0.25, 0.3) is 0 Å². The van der Waals surface area contributed by atoms with Crippen LogP contribution in [0.3, 0.4) is 0 Å². The van der Waals surface area contributed by atoms with E-state index in [2.05, 4.69) is 0 Å². The van der Waals surface area contributed by atoms with Crippen molar-refractivity contribution in [1.29, 1.82) is 0 Å². The van der Waals surface area contributed by atoms with Crippen LogP contribution < -0.4 is 20.7 Å². The van der Waals surface area contributed by atoms with Crippen molar-refractivity contribution >= 4 is 43.9 Å². The Kier molecular flexibility index (Phi) is 5.25. The minimum Gasteiger partial charge on any atom is -0.492 e. The van der Waals surface area contributed by atoms with E-state index in [1.807, 2.05) is 12.1 Å². The topological polar surface area (TPSA) is 105 Å². The molecule has 0 atom stereocenters. The number of hydrogen-bond donors (Lipinski definition) is 0. The fourth-order valence-electron chi connectivity index (χ4n) is 4.26. The molecule has 176 valence electrons. The van der Waals surface area contributed by atoms with Crippen LogP contribution in [0.25, 0.3) is 43.9 Å². The average molecular weight is 472 g/mol. The number of benzene rings is 2. The van der Waals surface area contributed by atoms with Crippen LogP contribution in [0.5, 0.6) is 11.5 Å². The molecule has 0 amide bonds. The molecule has 0 saturated carbocycles. The average Bonchev–Trinajstić information content (AvgIpc) is 3.51. The van der Waals surface area contributed by atoms with Crippen LogP contribution in [-0.2, 0) is 0 Å². The molecule has 6 aromatic rings. The lowest BCUT2D eigenvalue weighted by molar-refractivity contribution is 0.285. The third-order valence-corrected chi connectivity index (χ3v) is 5.90. The molecule has 35 heavy (non-hydrogen) atoms. The van der Waals surface area contributed by atoms with Crippen molar-refractivity contribution in [3.63, 3.8) is 0 Å². The predicted molar refractivity (Wildman–Crippen MR) is 129 cm³/mol. The van der Waals surface area contributed by atoms with E-state index in [4.69, 9.17) is 27.1 Å². The van der Waals surface area contributed by atoms with Gasteiger partial charge in [-0.1, -0.05) is 0 Å². The smallest absolute Gasteiger partial charge is 0.336 e. The van der Waals surface area contributed by atoms with E-state index in [9.17, 15) is 9.59 Å². The molecule has 8 heteroatoms. The maximum atomic E-state index is 11.6. The molecule has 0 saturated heterocycles. The van der Waals surface area contributed by atoms with Crippen molar-refractivity contribution in [1.82, 2.24) is 0 Å². The van der Waals surface area contributed by atoms with Gasteiger partial charge in [-0.3, -0.25) is 0 Å². The normalized spacial score (nSPS) is 11.7. The number of ether oxygens (including phenoxy) is 2. The van der Waals surface area contributed by atoms with Gasteiger partial charge < -0.3 is 27.1 Å². The summed E-state index contributed by atoms with van der Waals surface area (Å²) in [5.41, 5.74) is 1.23. The zero-order chi connectivity index (χ0) is 23.8. The van der Waals surface area contributed by atoms with Gasteiger partial charge in [-0.05, 0) is 43.5 Å². The van der Waals surface area contributed by atoms with Crippen LogP contribution >= 0.6 is 0 Å². The Labute approximate surface area is 197 Å². The standard InChI is InChI=1S/C27H20O8/c28-24-6-4-16-22(34-24)14-20-18(8-12-30-20)26(16)32-10-2-1-3-11-33-27-17-5-7-25(29)35-23(17)15-21-19(27)9-13-31-21/h4-9,12-15H,1-3,10-11H2. The lowest BCUT2D eigenvalue weighted by Crippen LogP contribution is -2.03. The third kappa shape index (κ3) is 3.93. The van der Waals surface area contributed by atoms with Gasteiger partial charge >= 0.3 is 11.3 Å². The maximum Gasteiger partial charge on any atom is 0.336 e. The first-order valence-corrected chi connectivity index (χ1v) is 11.3. The van der Waals surface area contributed by atoms with E-state index >= 15 is 0 Å². The summed E-state index contributed by atoms with van der Waals surface area (Å²) in [6.45, 7) is 0.980. The molecule has 4 heterocycles. The summed E-state index contributed by atoms with van der Waals surface area (Å²) in [6, 6.07) is 13.3. The van der Waals surface area contributed by atoms with Crippen molar-refractivity contribution in [3.05, 3.63) is 81.9 Å². The van der Waals surface area contributed by atoms with E-state index in [-0.39, 0.29) is 0 Å². The SMILES string of the molecule is O=c1ccc2c(OCCCCCOc3c4ccoc4cc4oc(=O)ccc34)c3ccoc3cc2o1. The van der Waals surface area contributed by atoms with E-state index in [1.54, 1.807) is 36.8 Å². The van der Waals surface area contributed by atoms with Crippen LogP contribution in [-0.4, -0.2) is 13.2 Å².